The van der Waals surface area contributed by atoms with E-state index in [-0.39, 0.29) is 11.3 Å². The zero-order valence-electron chi connectivity index (χ0n) is 10.6. The minimum absolute atomic E-state index is 0.190. The molecule has 0 saturated heterocycles. The van der Waals surface area contributed by atoms with Crippen molar-refractivity contribution >= 4 is 17.4 Å². The van der Waals surface area contributed by atoms with Gasteiger partial charge >= 0.3 is 0 Å². The van der Waals surface area contributed by atoms with Gasteiger partial charge in [0.1, 0.15) is 11.6 Å². The molecule has 0 amide bonds. The van der Waals surface area contributed by atoms with Crippen molar-refractivity contribution in [2.45, 2.75) is 19.4 Å². The Bertz CT molecular complexity index is 583. The van der Waals surface area contributed by atoms with E-state index in [1.165, 1.54) is 0 Å². The number of hydrogen-bond donors (Lipinski definition) is 1. The summed E-state index contributed by atoms with van der Waals surface area (Å²) in [5.74, 6) is 1.68. The van der Waals surface area contributed by atoms with Crippen molar-refractivity contribution in [2.24, 2.45) is 0 Å². The van der Waals surface area contributed by atoms with E-state index in [2.05, 4.69) is 21.4 Å². The highest BCUT2D eigenvalue weighted by Crippen LogP contribution is 2.33. The van der Waals surface area contributed by atoms with Crippen molar-refractivity contribution in [1.82, 2.24) is 9.97 Å². The molecular weight excluding hydrogens is 262 g/mol. The monoisotopic (exact) mass is 275 g/mol. The Balaban J connectivity index is 1.88. The second kappa shape index (κ2) is 5.05. The minimum atomic E-state index is 0.190. The molecule has 0 bridgehead atoms. The lowest BCUT2D eigenvalue weighted by atomic mass is 10.0. The molecule has 0 saturated carbocycles. The summed E-state index contributed by atoms with van der Waals surface area (Å²) in [7, 11) is 0. The van der Waals surface area contributed by atoms with Gasteiger partial charge in [-0.05, 0) is 24.6 Å². The third-order valence-corrected chi connectivity index (χ3v) is 3.28. The first-order chi connectivity index (χ1) is 9.22. The molecule has 2 aromatic rings. The van der Waals surface area contributed by atoms with Crippen molar-refractivity contribution < 1.29 is 4.74 Å². The Labute approximate surface area is 116 Å². The van der Waals surface area contributed by atoms with E-state index < -0.39 is 0 Å². The van der Waals surface area contributed by atoms with Crippen LogP contribution in [0.15, 0.2) is 30.3 Å². The highest BCUT2D eigenvalue weighted by Gasteiger charge is 2.21. The number of rotatable bonds is 2. The Kier molecular flexibility index (Phi) is 3.25. The van der Waals surface area contributed by atoms with Crippen LogP contribution in [-0.4, -0.2) is 16.6 Å². The highest BCUT2D eigenvalue weighted by molar-refractivity contribution is 6.28. The Morgan fingerprint density at radius 3 is 3.00 bits per heavy atom. The summed E-state index contributed by atoms with van der Waals surface area (Å²) < 4.78 is 5.64. The first-order valence-electron chi connectivity index (χ1n) is 6.22. The van der Waals surface area contributed by atoms with E-state index in [1.54, 1.807) is 0 Å². The summed E-state index contributed by atoms with van der Waals surface area (Å²) >= 11 is 5.88. The van der Waals surface area contributed by atoms with Gasteiger partial charge in [0, 0.05) is 23.7 Å². The molecule has 1 N–H and O–H groups in total. The van der Waals surface area contributed by atoms with E-state index in [4.69, 9.17) is 16.3 Å². The minimum Gasteiger partial charge on any atom is -0.493 e. The van der Waals surface area contributed by atoms with E-state index in [0.717, 1.165) is 29.2 Å². The number of halogens is 1. The quantitative estimate of drug-likeness (QED) is 0.854. The summed E-state index contributed by atoms with van der Waals surface area (Å²) in [6.45, 7) is 2.60. The molecule has 19 heavy (non-hydrogen) atoms. The lowest BCUT2D eigenvalue weighted by molar-refractivity contribution is 0.274. The predicted octanol–water partition coefficient (Wildman–Crippen LogP) is 3.37. The molecule has 1 aromatic heterocycles. The van der Waals surface area contributed by atoms with Crippen molar-refractivity contribution in [1.29, 1.82) is 0 Å². The number of aromatic nitrogens is 2. The van der Waals surface area contributed by atoms with Gasteiger partial charge in [0.05, 0.1) is 12.6 Å². The van der Waals surface area contributed by atoms with Crippen LogP contribution in [0.4, 0.5) is 5.82 Å². The summed E-state index contributed by atoms with van der Waals surface area (Å²) in [5.41, 5.74) is 2.00. The Morgan fingerprint density at radius 2 is 2.16 bits per heavy atom. The van der Waals surface area contributed by atoms with Crippen LogP contribution in [-0.2, 0) is 0 Å². The second-order valence-electron chi connectivity index (χ2n) is 4.54. The van der Waals surface area contributed by atoms with E-state index >= 15 is 0 Å². The van der Waals surface area contributed by atoms with Crippen molar-refractivity contribution in [2.75, 3.05) is 11.9 Å². The van der Waals surface area contributed by atoms with Gasteiger partial charge in [0.2, 0.25) is 5.28 Å². The number of nitrogens with one attached hydrogen (secondary N) is 1. The van der Waals surface area contributed by atoms with Gasteiger partial charge in [-0.1, -0.05) is 18.2 Å². The normalized spacial score (nSPS) is 17.5. The fraction of sp³-hybridized carbons (Fsp3) is 0.286. The van der Waals surface area contributed by atoms with E-state index in [9.17, 15) is 0 Å². The Morgan fingerprint density at radius 1 is 1.32 bits per heavy atom. The van der Waals surface area contributed by atoms with Gasteiger partial charge in [-0.2, -0.15) is 0 Å². The average molecular weight is 276 g/mol. The topological polar surface area (TPSA) is 47.0 Å². The fourth-order valence-electron chi connectivity index (χ4n) is 2.28. The Hall–Kier alpha value is -1.81. The summed E-state index contributed by atoms with van der Waals surface area (Å²) in [5, 5.41) is 3.67. The molecule has 3 rings (SSSR count). The van der Waals surface area contributed by atoms with Crippen LogP contribution in [0.3, 0.4) is 0 Å². The van der Waals surface area contributed by atoms with Gasteiger partial charge in [-0.15, -0.1) is 0 Å². The van der Waals surface area contributed by atoms with Gasteiger partial charge < -0.3 is 10.1 Å². The fourth-order valence-corrected chi connectivity index (χ4v) is 2.50. The lowest BCUT2D eigenvalue weighted by Crippen LogP contribution is -2.20. The lowest BCUT2D eigenvalue weighted by Gasteiger charge is -2.27. The number of aryl methyl sites for hydroxylation is 1. The molecule has 1 aromatic carbocycles. The van der Waals surface area contributed by atoms with Crippen LogP contribution in [0.1, 0.15) is 23.7 Å². The second-order valence-corrected chi connectivity index (χ2v) is 4.87. The van der Waals surface area contributed by atoms with Crippen LogP contribution in [0.2, 0.25) is 5.28 Å². The number of anilines is 1. The molecule has 5 heteroatoms. The maximum atomic E-state index is 5.88. The maximum Gasteiger partial charge on any atom is 0.224 e. The first kappa shape index (κ1) is 12.2. The van der Waals surface area contributed by atoms with Crippen LogP contribution in [0.5, 0.6) is 5.75 Å². The van der Waals surface area contributed by atoms with E-state index in [0.29, 0.717) is 6.61 Å². The SMILES string of the molecule is Cc1cc(NC2CCOc3ccccc32)nc(Cl)n1. The number of hydrogen-bond acceptors (Lipinski definition) is 4. The number of para-hydroxylation sites is 1. The van der Waals surface area contributed by atoms with Gasteiger partial charge in [-0.25, -0.2) is 9.97 Å². The van der Waals surface area contributed by atoms with Crippen LogP contribution in [0.25, 0.3) is 0 Å². The zero-order chi connectivity index (χ0) is 13.2. The van der Waals surface area contributed by atoms with Crippen LogP contribution >= 0.6 is 11.6 Å². The van der Waals surface area contributed by atoms with Gasteiger partial charge in [0.25, 0.3) is 0 Å². The molecule has 1 aliphatic heterocycles. The predicted molar refractivity (Wildman–Crippen MR) is 74.7 cm³/mol. The molecule has 1 unspecified atom stereocenters. The van der Waals surface area contributed by atoms with Crippen molar-refractivity contribution in [3.05, 3.63) is 46.9 Å². The number of benzene rings is 1. The number of fused-ring (bicyclic) bond motifs is 1. The molecule has 0 fully saturated rings. The molecule has 0 spiro atoms. The smallest absolute Gasteiger partial charge is 0.224 e. The molecule has 4 nitrogen and oxygen atoms in total. The first-order valence-corrected chi connectivity index (χ1v) is 6.59. The third kappa shape index (κ3) is 2.63. The standard InChI is InChI=1S/C14H14ClN3O/c1-9-8-13(18-14(15)16-9)17-11-6-7-19-12-5-3-2-4-10(11)12/h2-5,8,11H,6-7H2,1H3,(H,16,17,18). The molecule has 0 aliphatic carbocycles. The molecule has 98 valence electrons. The van der Waals surface area contributed by atoms with Crippen molar-refractivity contribution in [3.63, 3.8) is 0 Å². The largest absolute Gasteiger partial charge is 0.493 e. The third-order valence-electron chi connectivity index (χ3n) is 3.11. The van der Waals surface area contributed by atoms with Crippen LogP contribution in [0, 0.1) is 6.92 Å². The average Bonchev–Trinajstić information content (AvgIpc) is 2.38. The molecule has 1 aliphatic rings. The van der Waals surface area contributed by atoms with E-state index in [1.807, 2.05) is 31.2 Å². The molecule has 0 radical (unpaired) electrons. The summed E-state index contributed by atoms with van der Waals surface area (Å²) in [6, 6.07) is 10.1. The maximum absolute atomic E-state index is 5.88. The number of ether oxygens (including phenoxy) is 1. The molecule has 2 heterocycles. The van der Waals surface area contributed by atoms with Gasteiger partial charge in [-0.3, -0.25) is 0 Å². The molecular formula is C14H14ClN3O. The highest BCUT2D eigenvalue weighted by atomic mass is 35.5. The number of nitrogens with zero attached hydrogens (tertiary/aromatic N) is 2. The summed E-state index contributed by atoms with van der Waals surface area (Å²) in [6.07, 6.45) is 0.900. The molecule has 1 atom stereocenters. The van der Waals surface area contributed by atoms with Crippen LogP contribution < -0.4 is 10.1 Å². The summed E-state index contributed by atoms with van der Waals surface area (Å²) in [4.78, 5) is 8.26. The van der Waals surface area contributed by atoms with Gasteiger partial charge in [0.15, 0.2) is 0 Å². The van der Waals surface area contributed by atoms with Crippen molar-refractivity contribution in [3.8, 4) is 5.75 Å². The zero-order valence-corrected chi connectivity index (χ0v) is 11.3.